The Labute approximate surface area is 100 Å². The number of pyridine rings is 1. The molecule has 1 aromatic carbocycles. The lowest BCUT2D eigenvalue weighted by atomic mass is 10.2. The summed E-state index contributed by atoms with van der Waals surface area (Å²) in [7, 11) is 1.67. The maximum Gasteiger partial charge on any atom is 0.126 e. The van der Waals surface area contributed by atoms with Gasteiger partial charge in [-0.3, -0.25) is 0 Å². The van der Waals surface area contributed by atoms with Crippen molar-refractivity contribution in [2.24, 2.45) is 0 Å². The molecule has 0 radical (unpaired) electrons. The van der Waals surface area contributed by atoms with Crippen LogP contribution in [0, 0.1) is 0 Å². The zero-order chi connectivity index (χ0) is 12.1. The van der Waals surface area contributed by atoms with Gasteiger partial charge in [-0.05, 0) is 18.2 Å². The van der Waals surface area contributed by atoms with E-state index in [9.17, 15) is 0 Å². The summed E-state index contributed by atoms with van der Waals surface area (Å²) in [6, 6.07) is 11.6. The standard InChI is InChI=1S/C13H15N3O/c1-17-12-5-3-2-4-10(12)8-15-13-7-6-11(14)9-16-13/h2-7,9H,8,14H2,1H3,(H,15,16). The molecule has 4 heteroatoms. The molecule has 0 spiro atoms. The fourth-order valence-corrected chi connectivity index (χ4v) is 1.54. The van der Waals surface area contributed by atoms with Gasteiger partial charge in [-0.15, -0.1) is 0 Å². The van der Waals surface area contributed by atoms with Crippen LogP contribution in [0.3, 0.4) is 0 Å². The molecular weight excluding hydrogens is 214 g/mol. The van der Waals surface area contributed by atoms with Crippen molar-refractivity contribution in [2.75, 3.05) is 18.2 Å². The van der Waals surface area contributed by atoms with E-state index in [4.69, 9.17) is 10.5 Å². The molecule has 4 nitrogen and oxygen atoms in total. The van der Waals surface area contributed by atoms with Crippen LogP contribution in [0.2, 0.25) is 0 Å². The highest BCUT2D eigenvalue weighted by atomic mass is 16.5. The Hall–Kier alpha value is -2.23. The Morgan fingerprint density at radius 2 is 2.06 bits per heavy atom. The Kier molecular flexibility index (Phi) is 3.45. The van der Waals surface area contributed by atoms with E-state index in [1.54, 1.807) is 13.3 Å². The largest absolute Gasteiger partial charge is 0.496 e. The van der Waals surface area contributed by atoms with Gasteiger partial charge < -0.3 is 15.8 Å². The third-order valence-electron chi connectivity index (χ3n) is 2.44. The van der Waals surface area contributed by atoms with Crippen molar-refractivity contribution < 1.29 is 4.74 Å². The molecule has 0 atom stereocenters. The molecule has 0 aliphatic heterocycles. The summed E-state index contributed by atoms with van der Waals surface area (Å²) in [6.45, 7) is 0.668. The number of aromatic nitrogens is 1. The maximum atomic E-state index is 5.57. The molecule has 2 rings (SSSR count). The predicted octanol–water partition coefficient (Wildman–Crippen LogP) is 2.28. The molecule has 0 unspecified atom stereocenters. The average Bonchev–Trinajstić information content (AvgIpc) is 2.38. The zero-order valence-corrected chi connectivity index (χ0v) is 9.68. The van der Waals surface area contributed by atoms with Gasteiger partial charge in [0, 0.05) is 12.1 Å². The molecule has 88 valence electrons. The molecule has 2 aromatic rings. The van der Waals surface area contributed by atoms with E-state index in [-0.39, 0.29) is 0 Å². The van der Waals surface area contributed by atoms with Crippen molar-refractivity contribution >= 4 is 11.5 Å². The summed E-state index contributed by atoms with van der Waals surface area (Å²) >= 11 is 0. The summed E-state index contributed by atoms with van der Waals surface area (Å²) in [4.78, 5) is 4.17. The van der Waals surface area contributed by atoms with E-state index in [1.165, 1.54) is 0 Å². The van der Waals surface area contributed by atoms with Crippen LogP contribution in [0.25, 0.3) is 0 Å². The van der Waals surface area contributed by atoms with Crippen LogP contribution in [0.5, 0.6) is 5.75 Å². The summed E-state index contributed by atoms with van der Waals surface area (Å²) in [5.41, 5.74) is 7.32. The SMILES string of the molecule is COc1ccccc1CNc1ccc(N)cn1. The van der Waals surface area contributed by atoms with Crippen LogP contribution >= 0.6 is 0 Å². The fraction of sp³-hybridized carbons (Fsp3) is 0.154. The van der Waals surface area contributed by atoms with Gasteiger partial charge in [0.15, 0.2) is 0 Å². The second kappa shape index (κ2) is 5.21. The second-order valence-electron chi connectivity index (χ2n) is 3.64. The minimum atomic E-state index is 0.660. The highest BCUT2D eigenvalue weighted by molar-refractivity contribution is 5.45. The molecule has 0 fully saturated rings. The first-order chi connectivity index (χ1) is 8.29. The molecule has 0 saturated carbocycles. The average molecular weight is 229 g/mol. The van der Waals surface area contributed by atoms with Crippen molar-refractivity contribution in [3.05, 3.63) is 48.2 Å². The van der Waals surface area contributed by atoms with Gasteiger partial charge in [0.2, 0.25) is 0 Å². The van der Waals surface area contributed by atoms with Gasteiger partial charge in [-0.25, -0.2) is 4.98 Å². The number of nitrogens with zero attached hydrogens (tertiary/aromatic N) is 1. The second-order valence-corrected chi connectivity index (χ2v) is 3.64. The number of nitrogens with two attached hydrogens (primary N) is 1. The van der Waals surface area contributed by atoms with Crippen LogP contribution < -0.4 is 15.8 Å². The number of para-hydroxylation sites is 1. The number of nitrogens with one attached hydrogen (secondary N) is 1. The Bertz CT molecular complexity index is 482. The zero-order valence-electron chi connectivity index (χ0n) is 9.68. The van der Waals surface area contributed by atoms with Gasteiger partial charge in [-0.1, -0.05) is 18.2 Å². The first-order valence-corrected chi connectivity index (χ1v) is 5.37. The predicted molar refractivity (Wildman–Crippen MR) is 69.0 cm³/mol. The topological polar surface area (TPSA) is 60.2 Å². The van der Waals surface area contributed by atoms with Gasteiger partial charge in [-0.2, -0.15) is 0 Å². The number of benzene rings is 1. The van der Waals surface area contributed by atoms with Crippen molar-refractivity contribution in [3.63, 3.8) is 0 Å². The molecule has 0 saturated heterocycles. The molecule has 0 aliphatic carbocycles. The quantitative estimate of drug-likeness (QED) is 0.844. The van der Waals surface area contributed by atoms with E-state index in [1.807, 2.05) is 36.4 Å². The van der Waals surface area contributed by atoms with E-state index >= 15 is 0 Å². The molecule has 0 amide bonds. The number of hydrogen-bond acceptors (Lipinski definition) is 4. The van der Waals surface area contributed by atoms with Crippen LogP contribution in [0.1, 0.15) is 5.56 Å². The smallest absolute Gasteiger partial charge is 0.126 e. The molecule has 1 aromatic heterocycles. The lowest BCUT2D eigenvalue weighted by Gasteiger charge is -2.09. The molecular formula is C13H15N3O. The van der Waals surface area contributed by atoms with Gasteiger partial charge in [0.25, 0.3) is 0 Å². The highest BCUT2D eigenvalue weighted by Crippen LogP contribution is 2.18. The third kappa shape index (κ3) is 2.87. The number of methoxy groups -OCH3 is 1. The van der Waals surface area contributed by atoms with Crippen LogP contribution in [-0.2, 0) is 6.54 Å². The van der Waals surface area contributed by atoms with Crippen molar-refractivity contribution in [1.82, 2.24) is 4.98 Å². The van der Waals surface area contributed by atoms with E-state index in [0.29, 0.717) is 12.2 Å². The molecule has 0 aliphatic rings. The lowest BCUT2D eigenvalue weighted by molar-refractivity contribution is 0.410. The normalized spacial score (nSPS) is 9.94. The molecule has 1 heterocycles. The van der Waals surface area contributed by atoms with E-state index in [0.717, 1.165) is 17.1 Å². The summed E-state index contributed by atoms with van der Waals surface area (Å²) in [6.07, 6.45) is 1.63. The van der Waals surface area contributed by atoms with Crippen molar-refractivity contribution in [1.29, 1.82) is 0 Å². The minimum Gasteiger partial charge on any atom is -0.496 e. The Morgan fingerprint density at radius 1 is 1.24 bits per heavy atom. The summed E-state index contributed by atoms with van der Waals surface area (Å²) in [5.74, 6) is 1.67. The summed E-state index contributed by atoms with van der Waals surface area (Å²) in [5, 5.41) is 3.22. The minimum absolute atomic E-state index is 0.660. The number of anilines is 2. The number of rotatable bonds is 4. The van der Waals surface area contributed by atoms with Crippen LogP contribution in [-0.4, -0.2) is 12.1 Å². The number of hydrogen-bond donors (Lipinski definition) is 2. The molecule has 17 heavy (non-hydrogen) atoms. The van der Waals surface area contributed by atoms with Crippen LogP contribution in [0.15, 0.2) is 42.6 Å². The highest BCUT2D eigenvalue weighted by Gasteiger charge is 2.01. The maximum absolute atomic E-state index is 5.57. The third-order valence-corrected chi connectivity index (χ3v) is 2.44. The molecule has 3 N–H and O–H groups in total. The van der Waals surface area contributed by atoms with E-state index < -0.39 is 0 Å². The monoisotopic (exact) mass is 229 g/mol. The summed E-state index contributed by atoms with van der Waals surface area (Å²) < 4.78 is 5.27. The lowest BCUT2D eigenvalue weighted by Crippen LogP contribution is -2.03. The first kappa shape index (κ1) is 11.3. The van der Waals surface area contributed by atoms with Crippen molar-refractivity contribution in [2.45, 2.75) is 6.54 Å². The van der Waals surface area contributed by atoms with E-state index in [2.05, 4.69) is 10.3 Å². The van der Waals surface area contributed by atoms with Gasteiger partial charge >= 0.3 is 0 Å². The first-order valence-electron chi connectivity index (χ1n) is 5.37. The van der Waals surface area contributed by atoms with Gasteiger partial charge in [0.05, 0.1) is 19.0 Å². The fourth-order valence-electron chi connectivity index (χ4n) is 1.54. The number of nitrogen functional groups attached to an aromatic ring is 1. The van der Waals surface area contributed by atoms with Crippen molar-refractivity contribution in [3.8, 4) is 5.75 Å². The van der Waals surface area contributed by atoms with Gasteiger partial charge in [0.1, 0.15) is 11.6 Å². The number of ether oxygens (including phenoxy) is 1. The Morgan fingerprint density at radius 3 is 2.76 bits per heavy atom. The van der Waals surface area contributed by atoms with Crippen LogP contribution in [0.4, 0.5) is 11.5 Å². The Balaban J connectivity index is 2.04. The molecule has 0 bridgehead atoms.